The zero-order valence-corrected chi connectivity index (χ0v) is 20.6. The molecule has 1 aliphatic rings. The van der Waals surface area contributed by atoms with Gasteiger partial charge in [-0.3, -0.25) is 9.52 Å². The third-order valence-corrected chi connectivity index (χ3v) is 8.89. The second kappa shape index (κ2) is 10.1. The maximum atomic E-state index is 12.6. The van der Waals surface area contributed by atoms with Crippen LogP contribution in [0.5, 0.6) is 5.75 Å². The molecule has 0 radical (unpaired) electrons. The highest BCUT2D eigenvalue weighted by atomic mass is 32.2. The lowest BCUT2D eigenvalue weighted by Gasteiger charge is -2.15. The number of carbonyl (C=O) groups is 1. The number of hydrogen-bond donors (Lipinski definition) is 2. The van der Waals surface area contributed by atoms with E-state index in [1.807, 2.05) is 0 Å². The second-order valence-electron chi connectivity index (χ2n) is 7.95. The van der Waals surface area contributed by atoms with E-state index in [0.29, 0.717) is 30.2 Å². The molecule has 1 amide bonds. The number of carbonyl (C=O) groups excluding carboxylic acids is 1. The summed E-state index contributed by atoms with van der Waals surface area (Å²) >= 11 is 0. The lowest BCUT2D eigenvalue weighted by atomic mass is 10.2. The van der Waals surface area contributed by atoms with Gasteiger partial charge < -0.3 is 10.1 Å². The highest BCUT2D eigenvalue weighted by Gasteiger charge is 2.27. The van der Waals surface area contributed by atoms with Crippen molar-refractivity contribution < 1.29 is 26.4 Å². The minimum Gasteiger partial charge on any atom is -0.497 e. The molecule has 0 saturated carbocycles. The molecule has 11 heteroatoms. The first kappa shape index (κ1) is 24.7. The first-order valence-corrected chi connectivity index (χ1v) is 13.8. The van der Waals surface area contributed by atoms with Crippen LogP contribution in [0.1, 0.15) is 23.2 Å². The number of rotatable bonds is 8. The third-order valence-electron chi connectivity index (χ3n) is 5.58. The molecule has 3 aromatic carbocycles. The van der Waals surface area contributed by atoms with E-state index in [1.165, 1.54) is 59.9 Å². The number of methoxy groups -OCH3 is 1. The van der Waals surface area contributed by atoms with E-state index >= 15 is 0 Å². The highest BCUT2D eigenvalue weighted by molar-refractivity contribution is 7.92. The summed E-state index contributed by atoms with van der Waals surface area (Å²) in [4.78, 5) is 12.8. The van der Waals surface area contributed by atoms with Crippen LogP contribution in [0.3, 0.4) is 0 Å². The molecule has 0 unspecified atom stereocenters. The molecule has 35 heavy (non-hydrogen) atoms. The Kier molecular flexibility index (Phi) is 7.10. The van der Waals surface area contributed by atoms with Crippen molar-refractivity contribution in [3.05, 3.63) is 78.4 Å². The number of nitrogens with zero attached hydrogens (tertiary/aromatic N) is 1. The zero-order valence-electron chi connectivity index (χ0n) is 19.0. The minimum absolute atomic E-state index is 0.0304. The van der Waals surface area contributed by atoms with Crippen molar-refractivity contribution >= 4 is 37.3 Å². The molecular formula is C24H25N3O6S2. The average Bonchev–Trinajstić information content (AvgIpc) is 3.41. The molecule has 4 rings (SSSR count). The average molecular weight is 516 g/mol. The van der Waals surface area contributed by atoms with Crippen LogP contribution in [0, 0.1) is 0 Å². The molecular weight excluding hydrogens is 490 g/mol. The summed E-state index contributed by atoms with van der Waals surface area (Å²) in [7, 11) is -5.85. The molecule has 0 bridgehead atoms. The minimum atomic E-state index is -3.82. The van der Waals surface area contributed by atoms with E-state index in [0.717, 1.165) is 12.8 Å². The quantitative estimate of drug-likeness (QED) is 0.473. The molecule has 0 spiro atoms. The maximum absolute atomic E-state index is 12.6. The predicted molar refractivity (Wildman–Crippen MR) is 133 cm³/mol. The van der Waals surface area contributed by atoms with Crippen LogP contribution in [0.2, 0.25) is 0 Å². The van der Waals surface area contributed by atoms with Crippen LogP contribution in [-0.4, -0.2) is 47.2 Å². The third kappa shape index (κ3) is 5.64. The standard InChI is InChI=1S/C24H25N3O6S2/c1-33-21-10-6-20(7-11-21)26-34(29,30)22-14-8-19(9-15-22)25-24(28)18-4-12-23(13-5-18)35(31,32)27-16-2-3-17-27/h4-15,26H,2-3,16-17H2,1H3,(H,25,28). The Hall–Kier alpha value is -3.41. The molecule has 184 valence electrons. The Morgan fingerprint density at radius 3 is 1.89 bits per heavy atom. The molecule has 1 fully saturated rings. The number of anilines is 2. The van der Waals surface area contributed by atoms with Crippen molar-refractivity contribution in [2.45, 2.75) is 22.6 Å². The van der Waals surface area contributed by atoms with Crippen LogP contribution in [0.4, 0.5) is 11.4 Å². The van der Waals surface area contributed by atoms with Crippen LogP contribution >= 0.6 is 0 Å². The molecule has 0 aliphatic carbocycles. The smallest absolute Gasteiger partial charge is 0.261 e. The summed E-state index contributed by atoms with van der Waals surface area (Å²) in [6.07, 6.45) is 1.69. The molecule has 0 atom stereocenters. The molecule has 1 aliphatic heterocycles. The van der Waals surface area contributed by atoms with Crippen molar-refractivity contribution in [1.82, 2.24) is 4.31 Å². The van der Waals surface area contributed by atoms with Gasteiger partial charge in [-0.25, -0.2) is 16.8 Å². The number of ether oxygens (including phenoxy) is 1. The summed E-state index contributed by atoms with van der Waals surface area (Å²) in [5, 5.41) is 2.68. The van der Waals surface area contributed by atoms with Gasteiger partial charge in [-0.05, 0) is 85.6 Å². The van der Waals surface area contributed by atoms with Crippen LogP contribution in [-0.2, 0) is 20.0 Å². The Labute approximate surface area is 204 Å². The summed E-state index contributed by atoms with van der Waals surface area (Å²) in [5.41, 5.74) is 1.06. The normalized spacial score (nSPS) is 14.4. The van der Waals surface area contributed by atoms with Crippen molar-refractivity contribution in [1.29, 1.82) is 0 Å². The van der Waals surface area contributed by atoms with Crippen molar-refractivity contribution in [2.75, 3.05) is 30.2 Å². The van der Waals surface area contributed by atoms with E-state index in [1.54, 1.807) is 24.3 Å². The number of benzene rings is 3. The van der Waals surface area contributed by atoms with E-state index in [4.69, 9.17) is 4.74 Å². The van der Waals surface area contributed by atoms with E-state index in [2.05, 4.69) is 10.0 Å². The van der Waals surface area contributed by atoms with E-state index in [-0.39, 0.29) is 15.4 Å². The van der Waals surface area contributed by atoms with Crippen LogP contribution < -0.4 is 14.8 Å². The lowest BCUT2D eigenvalue weighted by molar-refractivity contribution is 0.102. The fourth-order valence-electron chi connectivity index (χ4n) is 3.65. The number of nitrogens with one attached hydrogen (secondary N) is 2. The van der Waals surface area contributed by atoms with Gasteiger partial charge in [0.1, 0.15) is 5.75 Å². The molecule has 9 nitrogen and oxygen atoms in total. The SMILES string of the molecule is COc1ccc(NS(=O)(=O)c2ccc(NC(=O)c3ccc(S(=O)(=O)N4CCCC4)cc3)cc2)cc1. The lowest BCUT2D eigenvalue weighted by Crippen LogP contribution is -2.27. The summed E-state index contributed by atoms with van der Waals surface area (Å²) in [5.74, 6) is 0.165. The molecule has 1 saturated heterocycles. The van der Waals surface area contributed by atoms with Gasteiger partial charge in [0.2, 0.25) is 10.0 Å². The Bertz CT molecular complexity index is 1400. The van der Waals surface area contributed by atoms with Gasteiger partial charge in [0.05, 0.1) is 16.9 Å². The molecule has 1 heterocycles. The first-order valence-electron chi connectivity index (χ1n) is 10.9. The van der Waals surface area contributed by atoms with Crippen LogP contribution in [0.25, 0.3) is 0 Å². The molecule has 0 aromatic heterocycles. The number of sulfonamides is 2. The largest absolute Gasteiger partial charge is 0.497 e. The van der Waals surface area contributed by atoms with Gasteiger partial charge in [0.25, 0.3) is 15.9 Å². The fourth-order valence-corrected chi connectivity index (χ4v) is 6.23. The Morgan fingerprint density at radius 1 is 0.771 bits per heavy atom. The monoisotopic (exact) mass is 515 g/mol. The highest BCUT2D eigenvalue weighted by Crippen LogP contribution is 2.23. The van der Waals surface area contributed by atoms with Crippen molar-refractivity contribution in [2.24, 2.45) is 0 Å². The van der Waals surface area contributed by atoms with Crippen LogP contribution in [0.15, 0.2) is 82.6 Å². The summed E-state index contributed by atoms with van der Waals surface area (Å²) in [6.45, 7) is 1.01. The predicted octanol–water partition coefficient (Wildman–Crippen LogP) is 3.53. The van der Waals surface area contributed by atoms with Gasteiger partial charge in [-0.15, -0.1) is 0 Å². The Morgan fingerprint density at radius 2 is 1.31 bits per heavy atom. The first-order chi connectivity index (χ1) is 16.7. The van der Waals surface area contributed by atoms with Gasteiger partial charge >= 0.3 is 0 Å². The van der Waals surface area contributed by atoms with Gasteiger partial charge in [0.15, 0.2) is 0 Å². The summed E-state index contributed by atoms with van der Waals surface area (Å²) < 4.78 is 59.5. The van der Waals surface area contributed by atoms with Gasteiger partial charge in [-0.2, -0.15) is 4.31 Å². The zero-order chi connectivity index (χ0) is 25.1. The molecule has 2 N–H and O–H groups in total. The Balaban J connectivity index is 1.41. The fraction of sp³-hybridized carbons (Fsp3) is 0.208. The number of amides is 1. The van der Waals surface area contributed by atoms with E-state index in [9.17, 15) is 21.6 Å². The molecule has 3 aromatic rings. The number of hydrogen-bond acceptors (Lipinski definition) is 6. The van der Waals surface area contributed by atoms with Crippen molar-refractivity contribution in [3.63, 3.8) is 0 Å². The summed E-state index contributed by atoms with van der Waals surface area (Å²) in [6, 6.07) is 17.9. The van der Waals surface area contributed by atoms with Gasteiger partial charge in [-0.1, -0.05) is 0 Å². The topological polar surface area (TPSA) is 122 Å². The van der Waals surface area contributed by atoms with E-state index < -0.39 is 26.0 Å². The van der Waals surface area contributed by atoms with Gasteiger partial charge in [0, 0.05) is 30.0 Å². The second-order valence-corrected chi connectivity index (χ2v) is 11.6. The van der Waals surface area contributed by atoms with Crippen molar-refractivity contribution in [3.8, 4) is 5.75 Å². The maximum Gasteiger partial charge on any atom is 0.261 e.